The molecule has 0 aromatic carbocycles. The van der Waals surface area contributed by atoms with Gasteiger partial charge in [-0.2, -0.15) is 0 Å². The number of hydrogen-bond acceptors (Lipinski definition) is 1. The Kier molecular flexibility index (Phi) is 2.07. The standard InChI is InChI=1S/C8H16N2O/c1-8(4-5-8)6-9-7(11)10(2)3/h4-6H2,1-3H3,(H,9,11). The van der Waals surface area contributed by atoms with Crippen LogP contribution in [0.2, 0.25) is 0 Å². The molecule has 0 spiro atoms. The van der Waals surface area contributed by atoms with Gasteiger partial charge in [0, 0.05) is 20.6 Å². The Morgan fingerprint density at radius 1 is 1.55 bits per heavy atom. The molecule has 3 heteroatoms. The Bertz CT molecular complexity index is 161. The molecule has 0 heterocycles. The van der Waals surface area contributed by atoms with Crippen LogP contribution < -0.4 is 5.32 Å². The molecular weight excluding hydrogens is 140 g/mol. The van der Waals surface area contributed by atoms with E-state index in [2.05, 4.69) is 12.2 Å². The zero-order chi connectivity index (χ0) is 8.48. The summed E-state index contributed by atoms with van der Waals surface area (Å²) >= 11 is 0. The van der Waals surface area contributed by atoms with Crippen LogP contribution in [0.3, 0.4) is 0 Å². The summed E-state index contributed by atoms with van der Waals surface area (Å²) in [4.78, 5) is 12.6. The van der Waals surface area contributed by atoms with E-state index in [9.17, 15) is 4.79 Å². The molecule has 1 aliphatic rings. The summed E-state index contributed by atoms with van der Waals surface area (Å²) in [7, 11) is 3.51. The van der Waals surface area contributed by atoms with Crippen LogP contribution in [0.15, 0.2) is 0 Å². The van der Waals surface area contributed by atoms with E-state index in [-0.39, 0.29) is 6.03 Å². The third kappa shape index (κ3) is 2.41. The average Bonchev–Trinajstić information content (AvgIpc) is 2.64. The number of nitrogens with zero attached hydrogens (tertiary/aromatic N) is 1. The molecule has 0 aliphatic heterocycles. The second kappa shape index (κ2) is 2.72. The van der Waals surface area contributed by atoms with Crippen LogP contribution in [0.1, 0.15) is 19.8 Å². The van der Waals surface area contributed by atoms with Gasteiger partial charge in [0.25, 0.3) is 0 Å². The van der Waals surface area contributed by atoms with Crippen molar-refractivity contribution in [2.75, 3.05) is 20.6 Å². The summed E-state index contributed by atoms with van der Waals surface area (Å²) < 4.78 is 0. The summed E-state index contributed by atoms with van der Waals surface area (Å²) in [6.07, 6.45) is 2.50. The van der Waals surface area contributed by atoms with E-state index < -0.39 is 0 Å². The first-order chi connectivity index (χ1) is 5.03. The highest BCUT2D eigenvalue weighted by atomic mass is 16.2. The summed E-state index contributed by atoms with van der Waals surface area (Å²) in [6.45, 7) is 3.02. The third-order valence-corrected chi connectivity index (χ3v) is 2.18. The lowest BCUT2D eigenvalue weighted by Crippen LogP contribution is -2.37. The lowest BCUT2D eigenvalue weighted by molar-refractivity contribution is 0.215. The Labute approximate surface area is 67.8 Å². The lowest BCUT2D eigenvalue weighted by Gasteiger charge is -2.14. The average molecular weight is 156 g/mol. The number of nitrogens with one attached hydrogen (secondary N) is 1. The minimum absolute atomic E-state index is 0.0122. The first-order valence-corrected chi connectivity index (χ1v) is 3.99. The highest BCUT2D eigenvalue weighted by Gasteiger charge is 2.37. The fourth-order valence-corrected chi connectivity index (χ4v) is 0.837. The fraction of sp³-hybridized carbons (Fsp3) is 0.875. The van der Waals surface area contributed by atoms with E-state index >= 15 is 0 Å². The van der Waals surface area contributed by atoms with Crippen LogP contribution in [0.25, 0.3) is 0 Å². The Morgan fingerprint density at radius 2 is 2.09 bits per heavy atom. The van der Waals surface area contributed by atoms with Crippen LogP contribution in [-0.2, 0) is 0 Å². The number of rotatable bonds is 2. The van der Waals surface area contributed by atoms with E-state index in [0.717, 1.165) is 6.54 Å². The molecule has 0 aromatic rings. The van der Waals surface area contributed by atoms with Gasteiger partial charge >= 0.3 is 6.03 Å². The van der Waals surface area contributed by atoms with Crippen molar-refractivity contribution < 1.29 is 4.79 Å². The quantitative estimate of drug-likeness (QED) is 0.637. The van der Waals surface area contributed by atoms with Crippen molar-refractivity contribution in [1.29, 1.82) is 0 Å². The molecule has 0 aromatic heterocycles. The largest absolute Gasteiger partial charge is 0.337 e. The molecule has 11 heavy (non-hydrogen) atoms. The zero-order valence-corrected chi connectivity index (χ0v) is 7.48. The number of carbonyl (C=O) groups excluding carboxylic acids is 1. The molecule has 3 nitrogen and oxygen atoms in total. The maximum Gasteiger partial charge on any atom is 0.316 e. The van der Waals surface area contributed by atoms with E-state index in [0.29, 0.717) is 5.41 Å². The van der Waals surface area contributed by atoms with E-state index in [1.54, 1.807) is 19.0 Å². The van der Waals surface area contributed by atoms with Gasteiger partial charge in [-0.3, -0.25) is 0 Å². The van der Waals surface area contributed by atoms with Gasteiger partial charge in [0.1, 0.15) is 0 Å². The minimum atomic E-state index is 0.0122. The Balaban J connectivity index is 2.16. The molecule has 1 fully saturated rings. The second-order valence-corrected chi connectivity index (χ2v) is 3.86. The molecule has 2 amide bonds. The van der Waals surface area contributed by atoms with Crippen LogP contribution in [0.5, 0.6) is 0 Å². The van der Waals surface area contributed by atoms with Gasteiger partial charge in [0.15, 0.2) is 0 Å². The second-order valence-electron chi connectivity index (χ2n) is 3.86. The van der Waals surface area contributed by atoms with Gasteiger partial charge in [-0.25, -0.2) is 4.79 Å². The first-order valence-electron chi connectivity index (χ1n) is 3.99. The van der Waals surface area contributed by atoms with E-state index in [1.165, 1.54) is 12.8 Å². The van der Waals surface area contributed by atoms with Crippen molar-refractivity contribution in [2.24, 2.45) is 5.41 Å². The third-order valence-electron chi connectivity index (χ3n) is 2.18. The maximum atomic E-state index is 11.0. The normalized spacial score (nSPS) is 19.2. The Morgan fingerprint density at radius 3 is 2.45 bits per heavy atom. The van der Waals surface area contributed by atoms with Gasteiger partial charge in [-0.05, 0) is 18.3 Å². The molecule has 0 radical (unpaired) electrons. The molecule has 64 valence electrons. The molecule has 1 aliphatic carbocycles. The van der Waals surface area contributed by atoms with E-state index in [1.807, 2.05) is 0 Å². The lowest BCUT2D eigenvalue weighted by atomic mass is 10.1. The van der Waals surface area contributed by atoms with Crippen LogP contribution in [0, 0.1) is 5.41 Å². The SMILES string of the molecule is CN(C)C(=O)NCC1(C)CC1. The molecular formula is C8H16N2O. The monoisotopic (exact) mass is 156 g/mol. The molecule has 1 rings (SSSR count). The van der Waals surface area contributed by atoms with Crippen molar-refractivity contribution in [3.8, 4) is 0 Å². The molecule has 0 unspecified atom stereocenters. The minimum Gasteiger partial charge on any atom is -0.337 e. The fourth-order valence-electron chi connectivity index (χ4n) is 0.837. The predicted molar refractivity (Wildman–Crippen MR) is 44.4 cm³/mol. The molecule has 0 bridgehead atoms. The summed E-state index contributed by atoms with van der Waals surface area (Å²) in [5, 5.41) is 2.87. The Hall–Kier alpha value is -0.730. The molecule has 0 atom stereocenters. The molecule has 0 saturated heterocycles. The molecule has 1 N–H and O–H groups in total. The van der Waals surface area contributed by atoms with Gasteiger partial charge in [-0.15, -0.1) is 0 Å². The zero-order valence-electron chi connectivity index (χ0n) is 7.48. The van der Waals surface area contributed by atoms with Crippen LogP contribution in [0.4, 0.5) is 4.79 Å². The van der Waals surface area contributed by atoms with Crippen molar-refractivity contribution in [2.45, 2.75) is 19.8 Å². The summed E-state index contributed by atoms with van der Waals surface area (Å²) in [5.74, 6) is 0. The summed E-state index contributed by atoms with van der Waals surface area (Å²) in [5.41, 5.74) is 0.408. The van der Waals surface area contributed by atoms with E-state index in [4.69, 9.17) is 0 Å². The number of hydrogen-bond donors (Lipinski definition) is 1. The topological polar surface area (TPSA) is 32.3 Å². The summed E-state index contributed by atoms with van der Waals surface area (Å²) in [6, 6.07) is 0.0122. The number of amides is 2. The smallest absolute Gasteiger partial charge is 0.316 e. The van der Waals surface area contributed by atoms with Crippen LogP contribution in [-0.4, -0.2) is 31.6 Å². The first kappa shape index (κ1) is 8.37. The van der Waals surface area contributed by atoms with Crippen molar-refractivity contribution in [3.63, 3.8) is 0 Å². The van der Waals surface area contributed by atoms with Crippen molar-refractivity contribution >= 4 is 6.03 Å². The van der Waals surface area contributed by atoms with Gasteiger partial charge < -0.3 is 10.2 Å². The number of carbonyl (C=O) groups is 1. The van der Waals surface area contributed by atoms with Gasteiger partial charge in [0.2, 0.25) is 0 Å². The molecule has 1 saturated carbocycles. The number of urea groups is 1. The maximum absolute atomic E-state index is 11.0. The predicted octanol–water partition coefficient (Wildman–Crippen LogP) is 1.06. The van der Waals surface area contributed by atoms with Crippen molar-refractivity contribution in [3.05, 3.63) is 0 Å². The van der Waals surface area contributed by atoms with Gasteiger partial charge in [0.05, 0.1) is 0 Å². The van der Waals surface area contributed by atoms with Crippen molar-refractivity contribution in [1.82, 2.24) is 10.2 Å². The highest BCUT2D eigenvalue weighted by Crippen LogP contribution is 2.43. The highest BCUT2D eigenvalue weighted by molar-refractivity contribution is 5.73. The van der Waals surface area contributed by atoms with Gasteiger partial charge in [-0.1, -0.05) is 6.92 Å². The van der Waals surface area contributed by atoms with Crippen LogP contribution >= 0.6 is 0 Å².